The van der Waals surface area contributed by atoms with E-state index in [1.165, 1.54) is 19.3 Å². The number of rotatable bonds is 1. The van der Waals surface area contributed by atoms with Gasteiger partial charge in [-0.25, -0.2) is 5.84 Å². The minimum absolute atomic E-state index is 0.493. The van der Waals surface area contributed by atoms with Crippen molar-refractivity contribution in [3.63, 3.8) is 0 Å². The van der Waals surface area contributed by atoms with Crippen LogP contribution in [0.4, 0.5) is 0 Å². The minimum atomic E-state index is 0.493. The highest BCUT2D eigenvalue weighted by atomic mass is 32.1. The van der Waals surface area contributed by atoms with Gasteiger partial charge in [0.25, 0.3) is 0 Å². The van der Waals surface area contributed by atoms with Crippen LogP contribution in [0.15, 0.2) is 0 Å². The van der Waals surface area contributed by atoms with Crippen LogP contribution >= 0.6 is 12.2 Å². The molecular weight excluding hydrogens is 182 g/mol. The highest BCUT2D eigenvalue weighted by molar-refractivity contribution is 7.80. The zero-order valence-electron chi connectivity index (χ0n) is 8.34. The maximum atomic E-state index is 5.22. The second kappa shape index (κ2) is 4.77. The Balaban J connectivity index is 2.43. The maximum Gasteiger partial charge on any atom is 0.180 e. The number of hydrogen-bond donors (Lipinski definition) is 3. The number of hydrazine groups is 1. The minimum Gasteiger partial charge on any atom is -0.359 e. The Bertz CT molecular complexity index is 184. The fourth-order valence-electron chi connectivity index (χ4n) is 2.00. The molecule has 3 nitrogen and oxygen atoms in total. The predicted octanol–water partition coefficient (Wildman–Crippen LogP) is 1.15. The van der Waals surface area contributed by atoms with Crippen LogP contribution in [0.1, 0.15) is 33.1 Å². The van der Waals surface area contributed by atoms with Crippen molar-refractivity contribution >= 4 is 17.3 Å². The van der Waals surface area contributed by atoms with E-state index in [1.54, 1.807) is 0 Å². The molecule has 0 spiro atoms. The first kappa shape index (κ1) is 10.7. The molecule has 4 N–H and O–H groups in total. The molecule has 1 saturated carbocycles. The lowest BCUT2D eigenvalue weighted by atomic mass is 9.78. The summed E-state index contributed by atoms with van der Waals surface area (Å²) in [6, 6.07) is 0.493. The van der Waals surface area contributed by atoms with Gasteiger partial charge < -0.3 is 10.7 Å². The molecule has 0 heterocycles. The van der Waals surface area contributed by atoms with Gasteiger partial charge in [0, 0.05) is 6.04 Å². The average molecular weight is 201 g/mol. The Labute approximate surface area is 85.4 Å². The Hall–Kier alpha value is -0.350. The first-order valence-corrected chi connectivity index (χ1v) is 5.33. The van der Waals surface area contributed by atoms with Gasteiger partial charge in [-0.15, -0.1) is 0 Å². The lowest BCUT2D eigenvalue weighted by Crippen LogP contribution is -2.49. The van der Waals surface area contributed by atoms with Crippen molar-refractivity contribution in [1.82, 2.24) is 10.7 Å². The highest BCUT2D eigenvalue weighted by Gasteiger charge is 2.27. The molecule has 0 aliphatic heterocycles. The average Bonchev–Trinajstić information content (AvgIpc) is 2.13. The number of thiocarbonyl (C=S) groups is 1. The van der Waals surface area contributed by atoms with Crippen LogP contribution < -0.4 is 16.6 Å². The molecule has 3 atom stereocenters. The van der Waals surface area contributed by atoms with Crippen molar-refractivity contribution in [2.75, 3.05) is 0 Å². The molecule has 1 fully saturated rings. The smallest absolute Gasteiger partial charge is 0.180 e. The van der Waals surface area contributed by atoms with Crippen LogP contribution in [0.3, 0.4) is 0 Å². The van der Waals surface area contributed by atoms with E-state index in [0.29, 0.717) is 17.1 Å². The molecule has 76 valence electrons. The fourth-order valence-corrected chi connectivity index (χ4v) is 2.15. The molecule has 1 rings (SSSR count). The third-order valence-electron chi connectivity index (χ3n) is 3.15. The van der Waals surface area contributed by atoms with E-state index in [-0.39, 0.29) is 0 Å². The predicted molar refractivity (Wildman–Crippen MR) is 59.0 cm³/mol. The molecule has 0 saturated heterocycles. The molecule has 0 radical (unpaired) electrons. The molecule has 0 unspecified atom stereocenters. The molecule has 0 aromatic carbocycles. The largest absolute Gasteiger partial charge is 0.359 e. The van der Waals surface area contributed by atoms with Crippen LogP contribution in [-0.4, -0.2) is 11.2 Å². The summed E-state index contributed by atoms with van der Waals surface area (Å²) in [6.07, 6.45) is 3.83. The molecule has 4 heteroatoms. The van der Waals surface area contributed by atoms with E-state index in [2.05, 4.69) is 24.6 Å². The van der Waals surface area contributed by atoms with Gasteiger partial charge in [-0.3, -0.25) is 0 Å². The van der Waals surface area contributed by atoms with Crippen LogP contribution in [0.25, 0.3) is 0 Å². The van der Waals surface area contributed by atoms with Crippen molar-refractivity contribution in [3.8, 4) is 0 Å². The molecule has 0 amide bonds. The molecule has 0 aromatic rings. The monoisotopic (exact) mass is 201 g/mol. The summed E-state index contributed by atoms with van der Waals surface area (Å²) in [6.45, 7) is 4.58. The lowest BCUT2D eigenvalue weighted by Gasteiger charge is -2.35. The number of nitrogens with two attached hydrogens (primary N) is 1. The van der Waals surface area contributed by atoms with E-state index >= 15 is 0 Å². The van der Waals surface area contributed by atoms with Crippen LogP contribution in [-0.2, 0) is 0 Å². The Morgan fingerprint density at radius 1 is 1.38 bits per heavy atom. The van der Waals surface area contributed by atoms with Gasteiger partial charge in [-0.2, -0.15) is 0 Å². The highest BCUT2D eigenvalue weighted by Crippen LogP contribution is 2.29. The number of nitrogens with one attached hydrogen (secondary N) is 2. The van der Waals surface area contributed by atoms with Gasteiger partial charge in [-0.1, -0.05) is 26.7 Å². The van der Waals surface area contributed by atoms with Crippen molar-refractivity contribution in [2.24, 2.45) is 17.7 Å². The van der Waals surface area contributed by atoms with Crippen LogP contribution in [0, 0.1) is 11.8 Å². The Morgan fingerprint density at radius 3 is 2.69 bits per heavy atom. The first-order chi connectivity index (χ1) is 6.15. The van der Waals surface area contributed by atoms with Gasteiger partial charge in [-0.05, 0) is 30.5 Å². The zero-order chi connectivity index (χ0) is 9.84. The fraction of sp³-hybridized carbons (Fsp3) is 0.889. The molecule has 1 aliphatic rings. The summed E-state index contributed by atoms with van der Waals surface area (Å²) in [5.41, 5.74) is 2.47. The maximum absolute atomic E-state index is 5.22. The number of hydrogen-bond acceptors (Lipinski definition) is 2. The molecule has 0 aromatic heterocycles. The molecule has 0 bridgehead atoms. The van der Waals surface area contributed by atoms with Gasteiger partial charge >= 0.3 is 0 Å². The van der Waals surface area contributed by atoms with Crippen LogP contribution in [0.2, 0.25) is 0 Å². The van der Waals surface area contributed by atoms with E-state index < -0.39 is 0 Å². The first-order valence-electron chi connectivity index (χ1n) is 4.92. The summed E-state index contributed by atoms with van der Waals surface area (Å²) in [7, 11) is 0. The molecular formula is C9H19N3S. The van der Waals surface area contributed by atoms with Gasteiger partial charge in [0.15, 0.2) is 5.11 Å². The molecule has 13 heavy (non-hydrogen) atoms. The topological polar surface area (TPSA) is 50.1 Å². The van der Waals surface area contributed by atoms with Crippen molar-refractivity contribution < 1.29 is 0 Å². The Morgan fingerprint density at radius 2 is 2.08 bits per heavy atom. The van der Waals surface area contributed by atoms with E-state index in [0.717, 1.165) is 5.92 Å². The second-order valence-electron chi connectivity index (χ2n) is 3.99. The lowest BCUT2D eigenvalue weighted by molar-refractivity contribution is 0.224. The quantitative estimate of drug-likeness (QED) is 0.338. The van der Waals surface area contributed by atoms with E-state index in [9.17, 15) is 0 Å². The molecule has 1 aliphatic carbocycles. The normalized spacial score (nSPS) is 33.9. The zero-order valence-corrected chi connectivity index (χ0v) is 9.16. The SMILES string of the molecule is C[C@H]1[C@@H](NC(=S)NN)CCC[C@@H]1C. The van der Waals surface area contributed by atoms with Crippen molar-refractivity contribution in [2.45, 2.75) is 39.2 Å². The summed E-state index contributed by atoms with van der Waals surface area (Å²) in [4.78, 5) is 0. The van der Waals surface area contributed by atoms with Crippen molar-refractivity contribution in [1.29, 1.82) is 0 Å². The summed E-state index contributed by atoms with van der Waals surface area (Å²) < 4.78 is 0. The van der Waals surface area contributed by atoms with Crippen molar-refractivity contribution in [3.05, 3.63) is 0 Å². The summed E-state index contributed by atoms with van der Waals surface area (Å²) in [5, 5.41) is 3.81. The third-order valence-corrected chi connectivity index (χ3v) is 3.39. The van der Waals surface area contributed by atoms with Crippen LogP contribution in [0.5, 0.6) is 0 Å². The Kier molecular flexibility index (Phi) is 3.93. The van der Waals surface area contributed by atoms with Gasteiger partial charge in [0.05, 0.1) is 0 Å². The van der Waals surface area contributed by atoms with E-state index in [4.69, 9.17) is 18.1 Å². The second-order valence-corrected chi connectivity index (χ2v) is 4.40. The summed E-state index contributed by atoms with van der Waals surface area (Å²) in [5.74, 6) is 6.68. The third kappa shape index (κ3) is 2.81. The summed E-state index contributed by atoms with van der Waals surface area (Å²) >= 11 is 4.98. The van der Waals surface area contributed by atoms with Gasteiger partial charge in [0.2, 0.25) is 0 Å². The standard InChI is InChI=1S/C9H19N3S/c1-6-4-3-5-8(7(6)2)11-9(13)12-10/h6-8H,3-5,10H2,1-2H3,(H2,11,12,13)/t6-,7+,8-/m0/s1. The van der Waals surface area contributed by atoms with Gasteiger partial charge in [0.1, 0.15) is 0 Å². The van der Waals surface area contributed by atoms with E-state index in [1.807, 2.05) is 0 Å².